The Labute approximate surface area is 145 Å². The molecule has 2 rings (SSSR count). The van der Waals surface area contributed by atoms with Gasteiger partial charge in [0.05, 0.1) is 42.3 Å². The van der Waals surface area contributed by atoms with Crippen molar-refractivity contribution in [1.82, 2.24) is 4.57 Å². The summed E-state index contributed by atoms with van der Waals surface area (Å²) in [5.74, 6) is -1.92. The number of nitrogen functional groups attached to an aromatic ring is 1. The van der Waals surface area contributed by atoms with Gasteiger partial charge in [0.2, 0.25) is 0 Å². The predicted octanol–water partition coefficient (Wildman–Crippen LogP) is 2.52. The van der Waals surface area contributed by atoms with Crippen LogP contribution in [0.3, 0.4) is 0 Å². The number of alkyl halides is 3. The van der Waals surface area contributed by atoms with E-state index in [-0.39, 0.29) is 28.2 Å². The number of nitrogens with two attached hydrogens (primary N) is 1. The molecule has 0 aliphatic rings. The Morgan fingerprint density at radius 3 is 2.31 bits per heavy atom. The Kier molecular flexibility index (Phi) is 4.93. The van der Waals surface area contributed by atoms with E-state index in [0.717, 1.165) is 31.0 Å². The van der Waals surface area contributed by atoms with E-state index in [1.165, 1.54) is 0 Å². The first-order valence-electron chi connectivity index (χ1n) is 6.94. The minimum Gasteiger partial charge on any atom is -0.465 e. The Balaban J connectivity index is 2.88. The summed E-state index contributed by atoms with van der Waals surface area (Å²) in [6, 6.07) is 3.98. The van der Waals surface area contributed by atoms with Crippen LogP contribution in [0.2, 0.25) is 0 Å². The maximum Gasteiger partial charge on any atom is 0.416 e. The molecule has 0 aliphatic heterocycles. The fraction of sp³-hybridized carbons (Fsp3) is 0.188. The van der Waals surface area contributed by atoms with Crippen LogP contribution < -0.4 is 5.73 Å². The Morgan fingerprint density at radius 1 is 1.19 bits per heavy atom. The highest BCUT2D eigenvalue weighted by Gasteiger charge is 2.33. The summed E-state index contributed by atoms with van der Waals surface area (Å²) >= 11 is 0. The molecule has 0 atom stereocenters. The Bertz CT molecular complexity index is 926. The molecular weight excluding hydrogens is 355 g/mol. The molecule has 0 unspecified atom stereocenters. The first-order valence-corrected chi connectivity index (χ1v) is 6.94. The number of benzene rings is 1. The molecule has 26 heavy (non-hydrogen) atoms. The molecule has 0 amide bonds. The zero-order valence-electron chi connectivity index (χ0n) is 13.5. The summed E-state index contributed by atoms with van der Waals surface area (Å²) in [5, 5.41) is 9.10. The van der Waals surface area contributed by atoms with Crippen LogP contribution in [0, 0.1) is 11.3 Å². The number of hydrogen-bond acceptors (Lipinski definition) is 6. The third kappa shape index (κ3) is 3.19. The zero-order valence-corrected chi connectivity index (χ0v) is 13.5. The van der Waals surface area contributed by atoms with Gasteiger partial charge in [-0.15, -0.1) is 0 Å². The minimum atomic E-state index is -4.70. The van der Waals surface area contributed by atoms with Crippen molar-refractivity contribution in [2.24, 2.45) is 0 Å². The molecule has 7 nitrogen and oxygen atoms in total. The molecule has 2 aromatic rings. The molecule has 0 radical (unpaired) electrons. The minimum absolute atomic E-state index is 0.168. The number of carbonyl (C=O) groups is 2. The normalized spacial score (nSPS) is 10.9. The van der Waals surface area contributed by atoms with Crippen molar-refractivity contribution in [3.05, 3.63) is 46.8 Å². The quantitative estimate of drug-likeness (QED) is 0.836. The number of esters is 2. The standard InChI is InChI=1S/C16H12F3N3O4/c1-25-14(23)10-4-3-9(16(17,18)19)5-11(10)22-7-8(6-20)12(21)13(22)15(24)26-2/h3-5,7H,21H2,1-2H3. The van der Waals surface area contributed by atoms with Crippen molar-refractivity contribution < 1.29 is 32.2 Å². The van der Waals surface area contributed by atoms with Gasteiger partial charge in [0, 0.05) is 6.20 Å². The van der Waals surface area contributed by atoms with E-state index in [2.05, 4.69) is 9.47 Å². The lowest BCUT2D eigenvalue weighted by molar-refractivity contribution is -0.137. The number of anilines is 1. The molecule has 0 saturated carbocycles. The van der Waals surface area contributed by atoms with Gasteiger partial charge in [-0.25, -0.2) is 9.59 Å². The molecule has 0 saturated heterocycles. The number of halogens is 3. The second-order valence-corrected chi connectivity index (χ2v) is 5.00. The lowest BCUT2D eigenvalue weighted by Gasteiger charge is -2.15. The Hall–Kier alpha value is -3.48. The number of rotatable bonds is 3. The number of nitrogens with zero attached hydrogens (tertiary/aromatic N) is 2. The van der Waals surface area contributed by atoms with E-state index >= 15 is 0 Å². The van der Waals surface area contributed by atoms with Crippen LogP contribution in [0.1, 0.15) is 32.0 Å². The van der Waals surface area contributed by atoms with E-state index < -0.39 is 23.7 Å². The number of methoxy groups -OCH3 is 2. The van der Waals surface area contributed by atoms with Gasteiger partial charge in [-0.05, 0) is 18.2 Å². The predicted molar refractivity (Wildman–Crippen MR) is 82.6 cm³/mol. The maximum absolute atomic E-state index is 13.1. The topological polar surface area (TPSA) is 107 Å². The lowest BCUT2D eigenvalue weighted by Crippen LogP contribution is -2.16. The second-order valence-electron chi connectivity index (χ2n) is 5.00. The van der Waals surface area contributed by atoms with Crippen molar-refractivity contribution in [2.75, 3.05) is 20.0 Å². The zero-order chi connectivity index (χ0) is 19.6. The maximum atomic E-state index is 13.1. The van der Waals surface area contributed by atoms with E-state index in [9.17, 15) is 22.8 Å². The number of hydrogen-bond donors (Lipinski definition) is 1. The van der Waals surface area contributed by atoms with Crippen LogP contribution in [-0.2, 0) is 15.7 Å². The molecular formula is C16H12F3N3O4. The van der Waals surface area contributed by atoms with Crippen LogP contribution >= 0.6 is 0 Å². The summed E-state index contributed by atoms with van der Waals surface area (Å²) in [4.78, 5) is 24.0. The van der Waals surface area contributed by atoms with Crippen molar-refractivity contribution in [1.29, 1.82) is 5.26 Å². The molecule has 0 bridgehead atoms. The highest BCUT2D eigenvalue weighted by atomic mass is 19.4. The Morgan fingerprint density at radius 2 is 1.81 bits per heavy atom. The average Bonchev–Trinajstić information content (AvgIpc) is 2.95. The average molecular weight is 367 g/mol. The van der Waals surface area contributed by atoms with Crippen LogP contribution in [-0.4, -0.2) is 30.7 Å². The first-order chi connectivity index (χ1) is 12.1. The smallest absolute Gasteiger partial charge is 0.416 e. The van der Waals surface area contributed by atoms with E-state index in [0.29, 0.717) is 12.1 Å². The van der Waals surface area contributed by atoms with Crippen LogP contribution in [0.4, 0.5) is 18.9 Å². The summed E-state index contributed by atoms with van der Waals surface area (Å²) in [5.41, 5.74) is 3.23. The molecule has 1 aromatic heterocycles. The van der Waals surface area contributed by atoms with Gasteiger partial charge in [-0.1, -0.05) is 0 Å². The highest BCUT2D eigenvalue weighted by Crippen LogP contribution is 2.34. The summed E-state index contributed by atoms with van der Waals surface area (Å²) in [7, 11) is 2.09. The van der Waals surface area contributed by atoms with Gasteiger partial charge in [-0.2, -0.15) is 18.4 Å². The molecule has 1 heterocycles. The third-order valence-corrected chi connectivity index (χ3v) is 3.53. The number of aromatic nitrogens is 1. The van der Waals surface area contributed by atoms with E-state index in [4.69, 9.17) is 11.0 Å². The van der Waals surface area contributed by atoms with Crippen molar-refractivity contribution in [3.8, 4) is 11.8 Å². The number of ether oxygens (including phenoxy) is 2. The van der Waals surface area contributed by atoms with Gasteiger partial charge in [0.15, 0.2) is 5.69 Å². The molecule has 0 fully saturated rings. The van der Waals surface area contributed by atoms with Crippen LogP contribution in [0.5, 0.6) is 0 Å². The van der Waals surface area contributed by atoms with Crippen LogP contribution in [0.15, 0.2) is 24.4 Å². The molecule has 136 valence electrons. The number of nitriles is 1. The molecule has 1 aromatic carbocycles. The fourth-order valence-electron chi connectivity index (χ4n) is 2.29. The molecule has 0 aliphatic carbocycles. The van der Waals surface area contributed by atoms with Gasteiger partial charge in [-0.3, -0.25) is 0 Å². The van der Waals surface area contributed by atoms with E-state index in [1.807, 2.05) is 0 Å². The van der Waals surface area contributed by atoms with Crippen LogP contribution in [0.25, 0.3) is 5.69 Å². The summed E-state index contributed by atoms with van der Waals surface area (Å²) in [6.45, 7) is 0. The highest BCUT2D eigenvalue weighted by molar-refractivity contribution is 5.98. The van der Waals surface area contributed by atoms with Crippen molar-refractivity contribution in [2.45, 2.75) is 6.18 Å². The third-order valence-electron chi connectivity index (χ3n) is 3.53. The lowest BCUT2D eigenvalue weighted by atomic mass is 10.1. The van der Waals surface area contributed by atoms with E-state index in [1.54, 1.807) is 6.07 Å². The van der Waals surface area contributed by atoms with Gasteiger partial charge in [0.1, 0.15) is 6.07 Å². The summed E-state index contributed by atoms with van der Waals surface area (Å²) < 4.78 is 49.3. The van der Waals surface area contributed by atoms with Gasteiger partial charge >= 0.3 is 18.1 Å². The first kappa shape index (κ1) is 18.9. The van der Waals surface area contributed by atoms with Gasteiger partial charge < -0.3 is 19.8 Å². The fourth-order valence-corrected chi connectivity index (χ4v) is 2.29. The summed E-state index contributed by atoms with van der Waals surface area (Å²) in [6.07, 6.45) is -3.66. The number of carbonyl (C=O) groups excluding carboxylic acids is 2. The van der Waals surface area contributed by atoms with Gasteiger partial charge in [0.25, 0.3) is 0 Å². The molecule has 2 N–H and O–H groups in total. The van der Waals surface area contributed by atoms with Crippen molar-refractivity contribution in [3.63, 3.8) is 0 Å². The SMILES string of the molecule is COC(=O)c1ccc(C(F)(F)F)cc1-n1cc(C#N)c(N)c1C(=O)OC. The largest absolute Gasteiger partial charge is 0.465 e. The van der Waals surface area contributed by atoms with Crippen molar-refractivity contribution >= 4 is 17.6 Å². The second kappa shape index (κ2) is 6.79. The molecule has 0 spiro atoms. The molecule has 10 heteroatoms. The monoisotopic (exact) mass is 367 g/mol.